The number of benzene rings is 1. The summed E-state index contributed by atoms with van der Waals surface area (Å²) in [4.78, 5) is 24.6. The maximum absolute atomic E-state index is 13.4. The number of aliphatic hydroxyl groups is 1. The summed E-state index contributed by atoms with van der Waals surface area (Å²) in [5, 5.41) is 23.2. The number of carboxylic acid groups (broad SMARTS) is 1. The molecule has 3 aliphatic rings. The van der Waals surface area contributed by atoms with E-state index in [1.165, 1.54) is 31.2 Å². The fourth-order valence-corrected chi connectivity index (χ4v) is 6.29. The van der Waals surface area contributed by atoms with E-state index in [4.69, 9.17) is 0 Å². The third kappa shape index (κ3) is 5.09. The van der Waals surface area contributed by atoms with Gasteiger partial charge in [0.15, 0.2) is 0 Å². The van der Waals surface area contributed by atoms with E-state index in [-0.39, 0.29) is 28.7 Å². The lowest BCUT2D eigenvalue weighted by molar-refractivity contribution is -0.145. The highest BCUT2D eigenvalue weighted by molar-refractivity contribution is 5.95. The Morgan fingerprint density at radius 3 is 2.27 bits per heavy atom. The van der Waals surface area contributed by atoms with Gasteiger partial charge in [0.1, 0.15) is 5.69 Å². The monoisotopic (exact) mass is 506 g/mol. The number of carboxylic acids is 1. The maximum Gasteiger partial charge on any atom is 0.306 e. The minimum absolute atomic E-state index is 0.0947. The summed E-state index contributed by atoms with van der Waals surface area (Å²) < 4.78 is 2.05. The average Bonchev–Trinajstić information content (AvgIpc) is 3.27. The first-order chi connectivity index (χ1) is 17.3. The number of nitrogens with one attached hydrogen (secondary N) is 1. The lowest BCUT2D eigenvalue weighted by atomic mass is 9.80. The molecule has 2 aromatic rings. The molecule has 37 heavy (non-hydrogen) atoms. The van der Waals surface area contributed by atoms with Crippen LogP contribution in [0.4, 0.5) is 0 Å². The third-order valence-corrected chi connectivity index (χ3v) is 9.47. The molecule has 3 aliphatic carbocycles. The predicted octanol–water partition coefficient (Wildman–Crippen LogP) is 5.69. The molecule has 5 rings (SSSR count). The molecule has 0 spiro atoms. The number of hydrogen-bond acceptors (Lipinski definition) is 3. The number of hydrogen-bond donors (Lipinski definition) is 3. The molecule has 0 aliphatic heterocycles. The Balaban J connectivity index is 1.55. The Morgan fingerprint density at radius 2 is 1.70 bits per heavy atom. The normalized spacial score (nSPS) is 23.9. The van der Waals surface area contributed by atoms with Crippen LogP contribution in [0.25, 0.3) is 11.1 Å². The van der Waals surface area contributed by atoms with Gasteiger partial charge in [0.25, 0.3) is 5.91 Å². The molecule has 3 N–H and O–H groups in total. The van der Waals surface area contributed by atoms with Crippen LogP contribution >= 0.6 is 0 Å². The van der Waals surface area contributed by atoms with Crippen molar-refractivity contribution < 1.29 is 19.8 Å². The van der Waals surface area contributed by atoms with Gasteiger partial charge in [-0.1, -0.05) is 38.8 Å². The van der Waals surface area contributed by atoms with Crippen molar-refractivity contribution in [3.05, 3.63) is 46.8 Å². The third-order valence-electron chi connectivity index (χ3n) is 9.47. The first-order valence-electron chi connectivity index (χ1n) is 13.9. The summed E-state index contributed by atoms with van der Waals surface area (Å²) in [5.41, 5.74) is 5.43. The first-order valence-corrected chi connectivity index (χ1v) is 13.9. The van der Waals surface area contributed by atoms with E-state index in [0.717, 1.165) is 41.6 Å². The molecule has 1 aromatic carbocycles. The van der Waals surface area contributed by atoms with Crippen molar-refractivity contribution in [2.45, 2.75) is 103 Å². The van der Waals surface area contributed by atoms with Gasteiger partial charge in [-0.05, 0) is 98.4 Å². The summed E-state index contributed by atoms with van der Waals surface area (Å²) in [6, 6.07) is 8.43. The van der Waals surface area contributed by atoms with Crippen molar-refractivity contribution in [2.24, 2.45) is 18.4 Å². The minimum atomic E-state index is -0.965. The van der Waals surface area contributed by atoms with Crippen LogP contribution in [0.2, 0.25) is 0 Å². The van der Waals surface area contributed by atoms with E-state index in [9.17, 15) is 19.8 Å². The number of aliphatic carboxylic acids is 1. The molecule has 0 saturated heterocycles. The fourth-order valence-electron chi connectivity index (χ4n) is 6.29. The van der Waals surface area contributed by atoms with Crippen LogP contribution in [-0.4, -0.2) is 32.7 Å². The molecule has 6 heteroatoms. The smallest absolute Gasteiger partial charge is 0.306 e. The first kappa shape index (κ1) is 26.0. The Kier molecular flexibility index (Phi) is 6.33. The number of carbonyl (C=O) groups excluding carboxylic acids is 1. The number of amides is 1. The van der Waals surface area contributed by atoms with Crippen LogP contribution in [0, 0.1) is 11.3 Å². The molecule has 1 aromatic heterocycles. The van der Waals surface area contributed by atoms with Crippen molar-refractivity contribution in [1.82, 2.24) is 9.88 Å². The average molecular weight is 507 g/mol. The molecular formula is C31H42N2O4. The molecule has 1 amide bonds. The van der Waals surface area contributed by atoms with Crippen LogP contribution in [0.3, 0.4) is 0 Å². The number of carbonyl (C=O) groups is 2. The van der Waals surface area contributed by atoms with Gasteiger partial charge in [-0.25, -0.2) is 0 Å². The molecule has 3 saturated carbocycles. The van der Waals surface area contributed by atoms with Gasteiger partial charge in [-0.15, -0.1) is 0 Å². The molecule has 0 bridgehead atoms. The van der Waals surface area contributed by atoms with E-state index in [2.05, 4.69) is 41.9 Å². The van der Waals surface area contributed by atoms with E-state index in [1.807, 2.05) is 27.0 Å². The predicted molar refractivity (Wildman–Crippen MR) is 145 cm³/mol. The molecular weight excluding hydrogens is 464 g/mol. The van der Waals surface area contributed by atoms with E-state index >= 15 is 0 Å². The Morgan fingerprint density at radius 1 is 1.05 bits per heavy atom. The molecule has 0 unspecified atom stereocenters. The van der Waals surface area contributed by atoms with Crippen LogP contribution in [0.15, 0.2) is 24.3 Å². The quantitative estimate of drug-likeness (QED) is 0.429. The maximum atomic E-state index is 13.4. The highest BCUT2D eigenvalue weighted by Gasteiger charge is 2.40. The largest absolute Gasteiger partial charge is 0.481 e. The number of nitrogens with zero attached hydrogens (tertiary/aromatic N) is 1. The lowest BCUT2D eigenvalue weighted by Gasteiger charge is -2.32. The number of rotatable bonds is 8. The van der Waals surface area contributed by atoms with Crippen molar-refractivity contribution in [2.75, 3.05) is 0 Å². The Bertz CT molecular complexity index is 1200. The summed E-state index contributed by atoms with van der Waals surface area (Å²) >= 11 is 0. The zero-order valence-corrected chi connectivity index (χ0v) is 23.0. The molecule has 0 atom stereocenters. The van der Waals surface area contributed by atoms with Crippen molar-refractivity contribution in [3.63, 3.8) is 0 Å². The Hall–Kier alpha value is -2.60. The Labute approximate surface area is 220 Å². The topological polar surface area (TPSA) is 91.6 Å². The highest BCUT2D eigenvalue weighted by atomic mass is 16.4. The standard InChI is InChI=1S/C31H42N2O4/c1-29(2,37)21-12-19(13-22(16-21)31(4)10-11-31)24-17-25(27(34)32-23-14-20(15-23)28(35)36)33(5)26(24)18-30(3)8-6-7-9-30/h12-13,16-17,20,23,37H,6-11,14-15,18H2,1-5H3,(H,32,34)(H,35,36)/t20-,23-. The molecule has 6 nitrogen and oxygen atoms in total. The van der Waals surface area contributed by atoms with Gasteiger partial charge in [0.05, 0.1) is 11.5 Å². The second-order valence-corrected chi connectivity index (χ2v) is 13.2. The summed E-state index contributed by atoms with van der Waals surface area (Å²) in [5.74, 6) is -1.29. The van der Waals surface area contributed by atoms with Crippen molar-refractivity contribution in [1.29, 1.82) is 0 Å². The van der Waals surface area contributed by atoms with Gasteiger partial charge < -0.3 is 20.1 Å². The number of aromatic nitrogens is 1. The zero-order chi connectivity index (χ0) is 26.8. The summed E-state index contributed by atoms with van der Waals surface area (Å²) in [6.45, 7) is 8.31. The lowest BCUT2D eigenvalue weighted by Crippen LogP contribution is -2.47. The van der Waals surface area contributed by atoms with Gasteiger partial charge in [-0.3, -0.25) is 9.59 Å². The second kappa shape index (κ2) is 9.00. The van der Waals surface area contributed by atoms with Crippen molar-refractivity contribution >= 4 is 11.9 Å². The summed E-state index contributed by atoms with van der Waals surface area (Å²) in [7, 11) is 1.98. The van der Waals surface area contributed by atoms with Crippen LogP contribution in [0.5, 0.6) is 0 Å². The van der Waals surface area contributed by atoms with Gasteiger partial charge in [0, 0.05) is 24.3 Å². The van der Waals surface area contributed by atoms with Gasteiger partial charge >= 0.3 is 5.97 Å². The molecule has 0 radical (unpaired) electrons. The second-order valence-electron chi connectivity index (χ2n) is 13.2. The van der Waals surface area contributed by atoms with Crippen LogP contribution < -0.4 is 5.32 Å². The molecule has 200 valence electrons. The van der Waals surface area contributed by atoms with E-state index in [0.29, 0.717) is 18.5 Å². The van der Waals surface area contributed by atoms with Gasteiger partial charge in [-0.2, -0.15) is 0 Å². The molecule has 1 heterocycles. The zero-order valence-electron chi connectivity index (χ0n) is 23.0. The summed E-state index contributed by atoms with van der Waals surface area (Å²) in [6.07, 6.45) is 9.02. The van der Waals surface area contributed by atoms with E-state index < -0.39 is 11.6 Å². The van der Waals surface area contributed by atoms with E-state index in [1.54, 1.807) is 0 Å². The minimum Gasteiger partial charge on any atom is -0.481 e. The van der Waals surface area contributed by atoms with Crippen LogP contribution in [-0.2, 0) is 29.3 Å². The fraction of sp³-hybridized carbons (Fsp3) is 0.613. The SMILES string of the molecule is Cn1c(C(=O)N[C@H]2C[C@H](C(=O)O)C2)cc(-c2cc(C(C)(C)O)cc(C3(C)CC3)c2)c1CC1(C)CCCC1. The van der Waals surface area contributed by atoms with Gasteiger partial charge in [0.2, 0.25) is 0 Å². The highest BCUT2D eigenvalue weighted by Crippen LogP contribution is 2.50. The molecule has 3 fully saturated rings. The van der Waals surface area contributed by atoms with Crippen LogP contribution in [0.1, 0.15) is 106 Å². The van der Waals surface area contributed by atoms with Crippen molar-refractivity contribution in [3.8, 4) is 11.1 Å².